The Labute approximate surface area is 167 Å². The maximum Gasteiger partial charge on any atom is 0.265 e. The van der Waals surface area contributed by atoms with Crippen LogP contribution in [0.5, 0.6) is 5.75 Å². The third-order valence-electron chi connectivity index (χ3n) is 4.15. The van der Waals surface area contributed by atoms with Gasteiger partial charge in [-0.3, -0.25) is 14.4 Å². The van der Waals surface area contributed by atoms with Crippen molar-refractivity contribution in [3.8, 4) is 5.75 Å². The predicted octanol–water partition coefficient (Wildman–Crippen LogP) is 2.84. The highest BCUT2D eigenvalue weighted by atomic mass is 32.2. The molecule has 0 aliphatic carbocycles. The Kier molecular flexibility index (Phi) is 5.89. The molecule has 2 aromatic rings. The van der Waals surface area contributed by atoms with Gasteiger partial charge in [0.2, 0.25) is 5.91 Å². The second-order valence-corrected chi connectivity index (χ2v) is 7.50. The molecular formula is C20H21N3O4S. The Morgan fingerprint density at radius 2 is 1.96 bits per heavy atom. The molecule has 0 unspecified atom stereocenters. The highest BCUT2D eigenvalue weighted by molar-refractivity contribution is 8.00. The van der Waals surface area contributed by atoms with Gasteiger partial charge in [-0.2, -0.15) is 0 Å². The van der Waals surface area contributed by atoms with Gasteiger partial charge >= 0.3 is 0 Å². The van der Waals surface area contributed by atoms with Crippen molar-refractivity contribution in [2.45, 2.75) is 17.9 Å². The number of nitrogens with zero attached hydrogens (tertiary/aromatic N) is 1. The third kappa shape index (κ3) is 4.45. The van der Waals surface area contributed by atoms with Crippen LogP contribution in [0.25, 0.3) is 0 Å². The molecule has 146 valence electrons. The number of fused-ring (bicyclic) bond motifs is 1. The van der Waals surface area contributed by atoms with E-state index in [1.54, 1.807) is 51.4 Å². The topological polar surface area (TPSA) is 87.7 Å². The smallest absolute Gasteiger partial charge is 0.265 e. The fourth-order valence-corrected chi connectivity index (χ4v) is 3.56. The summed E-state index contributed by atoms with van der Waals surface area (Å²) in [5, 5.41) is 5.59. The van der Waals surface area contributed by atoms with Gasteiger partial charge in [0.05, 0.1) is 17.0 Å². The van der Waals surface area contributed by atoms with Crippen molar-refractivity contribution in [1.29, 1.82) is 0 Å². The van der Waals surface area contributed by atoms with Gasteiger partial charge in [-0.1, -0.05) is 12.1 Å². The second kappa shape index (κ2) is 8.35. The number of hydrogen-bond donors (Lipinski definition) is 2. The molecule has 1 atom stereocenters. The molecular weight excluding hydrogens is 378 g/mol. The Balaban J connectivity index is 1.74. The summed E-state index contributed by atoms with van der Waals surface area (Å²) < 4.78 is 5.52. The molecule has 0 bridgehead atoms. The lowest BCUT2D eigenvalue weighted by molar-refractivity contribution is -0.126. The quantitative estimate of drug-likeness (QED) is 0.755. The van der Waals surface area contributed by atoms with E-state index in [2.05, 4.69) is 10.6 Å². The van der Waals surface area contributed by atoms with Crippen LogP contribution in [-0.2, 0) is 9.59 Å². The standard InChI is InChI=1S/C20H21N3O4S/c1-12-19(25)22-15-10-13(8-9-16(15)27-12)21-20(26)14-6-4-5-7-17(14)28-11-18(24)23(2)3/h4-10,12H,11H2,1-3H3,(H,21,26)(H,22,25)/t12-/m0/s1. The fourth-order valence-electron chi connectivity index (χ4n) is 2.53. The number of hydrogen-bond acceptors (Lipinski definition) is 5. The molecule has 2 N–H and O–H groups in total. The van der Waals surface area contributed by atoms with Crippen LogP contribution in [0, 0.1) is 0 Å². The summed E-state index contributed by atoms with van der Waals surface area (Å²) >= 11 is 1.32. The fraction of sp³-hybridized carbons (Fsp3) is 0.250. The van der Waals surface area contributed by atoms with Crippen LogP contribution in [0.2, 0.25) is 0 Å². The van der Waals surface area contributed by atoms with Crippen molar-refractivity contribution in [3.05, 3.63) is 48.0 Å². The molecule has 2 aromatic carbocycles. The van der Waals surface area contributed by atoms with Crippen molar-refractivity contribution in [3.63, 3.8) is 0 Å². The second-order valence-electron chi connectivity index (χ2n) is 6.49. The Bertz CT molecular complexity index is 929. The average molecular weight is 399 g/mol. The van der Waals surface area contributed by atoms with E-state index >= 15 is 0 Å². The van der Waals surface area contributed by atoms with E-state index in [0.29, 0.717) is 22.7 Å². The molecule has 7 nitrogen and oxygen atoms in total. The minimum absolute atomic E-state index is 0.0279. The van der Waals surface area contributed by atoms with Gasteiger partial charge in [-0.15, -0.1) is 11.8 Å². The van der Waals surface area contributed by atoms with Crippen LogP contribution in [0.4, 0.5) is 11.4 Å². The van der Waals surface area contributed by atoms with E-state index in [0.717, 1.165) is 4.90 Å². The summed E-state index contributed by atoms with van der Waals surface area (Å²) in [5.74, 6) is 0.251. The number of carbonyl (C=O) groups excluding carboxylic acids is 3. The molecule has 28 heavy (non-hydrogen) atoms. The summed E-state index contributed by atoms with van der Waals surface area (Å²) in [6.45, 7) is 1.67. The summed E-state index contributed by atoms with van der Waals surface area (Å²) in [4.78, 5) is 38.6. The number of rotatable bonds is 5. The summed E-state index contributed by atoms with van der Waals surface area (Å²) in [6, 6.07) is 12.2. The van der Waals surface area contributed by atoms with Crippen LogP contribution in [0.1, 0.15) is 17.3 Å². The van der Waals surface area contributed by atoms with Crippen LogP contribution < -0.4 is 15.4 Å². The van der Waals surface area contributed by atoms with Gasteiger partial charge < -0.3 is 20.3 Å². The largest absolute Gasteiger partial charge is 0.479 e. The minimum Gasteiger partial charge on any atom is -0.479 e. The van der Waals surface area contributed by atoms with Crippen molar-refractivity contribution in [1.82, 2.24) is 4.90 Å². The van der Waals surface area contributed by atoms with E-state index in [-0.39, 0.29) is 23.5 Å². The highest BCUT2D eigenvalue weighted by Crippen LogP contribution is 2.32. The van der Waals surface area contributed by atoms with E-state index in [1.807, 2.05) is 12.1 Å². The number of nitrogens with one attached hydrogen (secondary N) is 2. The van der Waals surface area contributed by atoms with Crippen molar-refractivity contribution in [2.75, 3.05) is 30.5 Å². The normalized spacial score (nSPS) is 15.1. The Hall–Kier alpha value is -3.00. The number of thioether (sulfide) groups is 1. The first-order chi connectivity index (χ1) is 13.3. The molecule has 1 heterocycles. The molecule has 0 saturated heterocycles. The lowest BCUT2D eigenvalue weighted by atomic mass is 10.2. The van der Waals surface area contributed by atoms with Crippen LogP contribution >= 0.6 is 11.8 Å². The number of benzene rings is 2. The van der Waals surface area contributed by atoms with E-state index in [4.69, 9.17) is 4.74 Å². The van der Waals surface area contributed by atoms with Gasteiger partial charge in [0.1, 0.15) is 5.75 Å². The third-order valence-corrected chi connectivity index (χ3v) is 5.21. The van der Waals surface area contributed by atoms with Gasteiger partial charge in [0.15, 0.2) is 6.10 Å². The van der Waals surface area contributed by atoms with Gasteiger partial charge in [-0.05, 0) is 37.3 Å². The van der Waals surface area contributed by atoms with Crippen LogP contribution in [0.3, 0.4) is 0 Å². The zero-order valence-corrected chi connectivity index (χ0v) is 16.6. The molecule has 0 spiro atoms. The number of ether oxygens (including phenoxy) is 1. The first kappa shape index (κ1) is 19.8. The molecule has 0 saturated carbocycles. The molecule has 3 amide bonds. The van der Waals surface area contributed by atoms with Gasteiger partial charge in [-0.25, -0.2) is 0 Å². The predicted molar refractivity (Wildman–Crippen MR) is 109 cm³/mol. The van der Waals surface area contributed by atoms with E-state index in [1.165, 1.54) is 16.7 Å². The summed E-state index contributed by atoms with van der Waals surface area (Å²) in [6.07, 6.45) is -0.554. The first-order valence-corrected chi connectivity index (χ1v) is 9.68. The van der Waals surface area contributed by atoms with Crippen molar-refractivity contribution >= 4 is 40.9 Å². The van der Waals surface area contributed by atoms with Gasteiger partial charge in [0, 0.05) is 24.7 Å². The lowest BCUT2D eigenvalue weighted by Crippen LogP contribution is -2.34. The van der Waals surface area contributed by atoms with Crippen molar-refractivity contribution < 1.29 is 19.1 Å². The SMILES string of the molecule is C[C@@H]1Oc2ccc(NC(=O)c3ccccc3SCC(=O)N(C)C)cc2NC1=O. The minimum atomic E-state index is -0.554. The van der Waals surface area contributed by atoms with Crippen molar-refractivity contribution in [2.24, 2.45) is 0 Å². The summed E-state index contributed by atoms with van der Waals surface area (Å²) in [5.41, 5.74) is 1.53. The molecule has 0 radical (unpaired) electrons. The molecule has 0 fully saturated rings. The number of carbonyl (C=O) groups is 3. The maximum atomic E-state index is 12.8. The molecule has 3 rings (SSSR count). The Morgan fingerprint density at radius 1 is 1.21 bits per heavy atom. The molecule has 1 aliphatic rings. The zero-order valence-electron chi connectivity index (χ0n) is 15.8. The monoisotopic (exact) mass is 399 g/mol. The molecule has 1 aliphatic heterocycles. The number of anilines is 2. The average Bonchev–Trinajstić information content (AvgIpc) is 2.67. The van der Waals surface area contributed by atoms with Gasteiger partial charge in [0.25, 0.3) is 11.8 Å². The van der Waals surface area contributed by atoms with Crippen LogP contribution in [0.15, 0.2) is 47.4 Å². The first-order valence-electron chi connectivity index (χ1n) is 8.70. The molecule has 8 heteroatoms. The number of amides is 3. The Morgan fingerprint density at radius 3 is 2.71 bits per heavy atom. The molecule has 0 aromatic heterocycles. The zero-order chi connectivity index (χ0) is 20.3. The van der Waals surface area contributed by atoms with Crippen LogP contribution in [-0.4, -0.2) is 48.6 Å². The summed E-state index contributed by atoms with van der Waals surface area (Å²) in [7, 11) is 3.39. The lowest BCUT2D eigenvalue weighted by Gasteiger charge is -2.23. The highest BCUT2D eigenvalue weighted by Gasteiger charge is 2.24. The maximum absolute atomic E-state index is 12.8. The van der Waals surface area contributed by atoms with E-state index < -0.39 is 6.10 Å². The van der Waals surface area contributed by atoms with E-state index in [9.17, 15) is 14.4 Å².